The summed E-state index contributed by atoms with van der Waals surface area (Å²) in [5.41, 5.74) is 0. The minimum Gasteiger partial charge on any atom is -0.481 e. The average Bonchev–Trinajstić information content (AvgIpc) is 2.79. The maximum Gasteiger partial charge on any atom is 0.460 e. The average molecular weight is 603 g/mol. The fourth-order valence-corrected chi connectivity index (χ4v) is 4.09. The van der Waals surface area contributed by atoms with Crippen molar-refractivity contribution < 1.29 is 67.0 Å². The van der Waals surface area contributed by atoms with Crippen LogP contribution < -0.4 is 0 Å². The third-order valence-corrected chi connectivity index (χ3v) is 6.57. The summed E-state index contributed by atoms with van der Waals surface area (Å²) in [6, 6.07) is 0. The van der Waals surface area contributed by atoms with Crippen molar-refractivity contribution in [2.45, 2.75) is 139 Å². The van der Waals surface area contributed by atoms with Crippen LogP contribution in [0.15, 0.2) is 0 Å². The maximum absolute atomic E-state index is 14.8. The van der Waals surface area contributed by atoms with Gasteiger partial charge < -0.3 is 5.11 Å². The number of unbranched alkanes of at least 4 members (excludes halogenated alkanes) is 10. The van der Waals surface area contributed by atoms with E-state index in [9.17, 15) is 61.9 Å². The number of carboxylic acid groups (broad SMARTS) is 1. The van der Waals surface area contributed by atoms with Gasteiger partial charge in [-0.25, -0.2) is 0 Å². The van der Waals surface area contributed by atoms with Crippen molar-refractivity contribution in [2.24, 2.45) is 5.92 Å². The predicted octanol–water partition coefficient (Wildman–Crippen LogP) is 10.3. The Bertz CT molecular complexity index is 721. The van der Waals surface area contributed by atoms with Crippen molar-refractivity contribution in [1.29, 1.82) is 0 Å². The zero-order valence-corrected chi connectivity index (χ0v) is 21.5. The fraction of sp³-hybridized carbons (Fsp3) is 0.958. The standard InChI is InChI=1S/C24H35F13O2/c1-2-3-4-5-8-11-14-17(15-12-9-6-7-10-13-16-18(38)39)19(25,26)20(27,28)21(29,30)22(31,32)23(33,34)24(35,36)37/h17H,2-16H2,1H3,(H,38,39). The normalized spacial score (nSPS) is 15.0. The summed E-state index contributed by atoms with van der Waals surface area (Å²) in [5.74, 6) is -40.4. The second kappa shape index (κ2) is 15.0. The van der Waals surface area contributed by atoms with Crippen LogP contribution in [-0.4, -0.2) is 46.9 Å². The zero-order valence-electron chi connectivity index (χ0n) is 21.5. The Morgan fingerprint density at radius 2 is 0.897 bits per heavy atom. The van der Waals surface area contributed by atoms with Crippen LogP contribution in [0.1, 0.15) is 103 Å². The molecule has 0 heterocycles. The smallest absolute Gasteiger partial charge is 0.460 e. The van der Waals surface area contributed by atoms with Gasteiger partial charge in [0.1, 0.15) is 0 Å². The molecule has 234 valence electrons. The van der Waals surface area contributed by atoms with E-state index in [4.69, 9.17) is 5.11 Å². The van der Waals surface area contributed by atoms with E-state index in [1.165, 1.54) is 0 Å². The highest BCUT2D eigenvalue weighted by atomic mass is 19.4. The fourth-order valence-electron chi connectivity index (χ4n) is 4.09. The third-order valence-electron chi connectivity index (χ3n) is 6.57. The van der Waals surface area contributed by atoms with Crippen LogP contribution in [0.5, 0.6) is 0 Å². The molecule has 0 saturated carbocycles. The second-order valence-corrected chi connectivity index (χ2v) is 9.73. The van der Waals surface area contributed by atoms with Crippen LogP contribution in [0.4, 0.5) is 57.1 Å². The molecule has 39 heavy (non-hydrogen) atoms. The van der Waals surface area contributed by atoms with Gasteiger partial charge in [0.2, 0.25) is 0 Å². The first kappa shape index (κ1) is 37.6. The molecule has 0 spiro atoms. The Kier molecular flexibility index (Phi) is 14.4. The van der Waals surface area contributed by atoms with Gasteiger partial charge in [-0.15, -0.1) is 0 Å². The van der Waals surface area contributed by atoms with Gasteiger partial charge in [-0.05, 0) is 19.3 Å². The van der Waals surface area contributed by atoms with E-state index in [1.54, 1.807) is 0 Å². The first-order valence-electron chi connectivity index (χ1n) is 12.8. The summed E-state index contributed by atoms with van der Waals surface area (Å²) >= 11 is 0. The van der Waals surface area contributed by atoms with E-state index in [1.807, 2.05) is 6.92 Å². The summed E-state index contributed by atoms with van der Waals surface area (Å²) in [4.78, 5) is 10.5. The summed E-state index contributed by atoms with van der Waals surface area (Å²) in [6.45, 7) is 1.86. The molecule has 0 aliphatic carbocycles. The summed E-state index contributed by atoms with van der Waals surface area (Å²) in [6.07, 6.45) is -5.33. The van der Waals surface area contributed by atoms with Crippen LogP contribution >= 0.6 is 0 Å². The topological polar surface area (TPSA) is 37.3 Å². The number of hydrogen-bond acceptors (Lipinski definition) is 1. The van der Waals surface area contributed by atoms with Gasteiger partial charge in [0, 0.05) is 12.3 Å². The summed E-state index contributed by atoms with van der Waals surface area (Å²) in [5, 5.41) is 8.55. The van der Waals surface area contributed by atoms with Crippen molar-refractivity contribution in [3.05, 3.63) is 0 Å². The van der Waals surface area contributed by atoms with Gasteiger partial charge in [0.25, 0.3) is 0 Å². The van der Waals surface area contributed by atoms with Gasteiger partial charge in [-0.3, -0.25) is 4.79 Å². The number of aliphatic carboxylic acids is 1. The predicted molar refractivity (Wildman–Crippen MR) is 117 cm³/mol. The van der Waals surface area contributed by atoms with Crippen LogP contribution in [0.2, 0.25) is 0 Å². The Labute approximate surface area is 218 Å². The zero-order chi connectivity index (χ0) is 30.8. The quantitative estimate of drug-likeness (QED) is 0.105. The summed E-state index contributed by atoms with van der Waals surface area (Å²) < 4.78 is 177. The number of rotatable bonds is 21. The Morgan fingerprint density at radius 1 is 0.538 bits per heavy atom. The number of carbonyl (C=O) groups is 1. The van der Waals surface area contributed by atoms with Crippen molar-refractivity contribution in [2.75, 3.05) is 0 Å². The SMILES string of the molecule is CCCCCCCCC(CCCCCCCCC(=O)O)C(F)(F)C(F)(F)C(F)(F)C(F)(F)C(F)(F)C(F)(F)F. The molecule has 0 rings (SSSR count). The molecule has 0 aromatic heterocycles. The molecule has 15 heteroatoms. The molecule has 0 saturated heterocycles. The lowest BCUT2D eigenvalue weighted by atomic mass is 9.82. The minimum atomic E-state index is -7.88. The molecule has 1 unspecified atom stereocenters. The van der Waals surface area contributed by atoms with Gasteiger partial charge >= 0.3 is 41.8 Å². The molecule has 0 bridgehead atoms. The number of alkyl halides is 13. The molecule has 0 aromatic rings. The van der Waals surface area contributed by atoms with E-state index in [0.29, 0.717) is 38.5 Å². The van der Waals surface area contributed by atoms with E-state index in [0.717, 1.165) is 12.8 Å². The third kappa shape index (κ3) is 9.29. The van der Waals surface area contributed by atoms with Gasteiger partial charge in [0.15, 0.2) is 0 Å². The first-order valence-corrected chi connectivity index (χ1v) is 12.8. The van der Waals surface area contributed by atoms with Crippen LogP contribution in [0, 0.1) is 5.92 Å². The Balaban J connectivity index is 5.73. The van der Waals surface area contributed by atoms with Crippen LogP contribution in [0.25, 0.3) is 0 Å². The van der Waals surface area contributed by atoms with E-state index >= 15 is 0 Å². The molecular weight excluding hydrogens is 567 g/mol. The lowest BCUT2D eigenvalue weighted by Gasteiger charge is -2.42. The molecule has 0 aliphatic rings. The lowest BCUT2D eigenvalue weighted by Crippen LogP contribution is -2.71. The Hall–Kier alpha value is -1.44. The van der Waals surface area contributed by atoms with Crippen LogP contribution in [0.3, 0.4) is 0 Å². The van der Waals surface area contributed by atoms with Crippen molar-refractivity contribution in [1.82, 2.24) is 0 Å². The van der Waals surface area contributed by atoms with Crippen molar-refractivity contribution in [3.63, 3.8) is 0 Å². The van der Waals surface area contributed by atoms with Gasteiger partial charge in [-0.1, -0.05) is 77.6 Å². The highest BCUT2D eigenvalue weighted by molar-refractivity contribution is 5.66. The molecular formula is C24H35F13O2. The second-order valence-electron chi connectivity index (χ2n) is 9.73. The van der Waals surface area contributed by atoms with Gasteiger partial charge in [0.05, 0.1) is 0 Å². The lowest BCUT2D eigenvalue weighted by molar-refractivity contribution is -0.443. The first-order chi connectivity index (χ1) is 17.6. The summed E-state index contributed by atoms with van der Waals surface area (Å²) in [7, 11) is 0. The largest absolute Gasteiger partial charge is 0.481 e. The van der Waals surface area contributed by atoms with Crippen LogP contribution in [-0.2, 0) is 4.79 Å². The van der Waals surface area contributed by atoms with E-state index < -0.39 is 60.5 Å². The molecule has 0 aliphatic heterocycles. The molecule has 0 fully saturated rings. The van der Waals surface area contributed by atoms with Crippen molar-refractivity contribution in [3.8, 4) is 0 Å². The van der Waals surface area contributed by atoms with E-state index in [2.05, 4.69) is 0 Å². The van der Waals surface area contributed by atoms with Crippen molar-refractivity contribution >= 4 is 5.97 Å². The molecule has 0 amide bonds. The highest BCUT2D eigenvalue weighted by Gasteiger charge is 2.91. The molecule has 1 atom stereocenters. The van der Waals surface area contributed by atoms with E-state index in [-0.39, 0.29) is 32.1 Å². The number of carboxylic acids is 1. The van der Waals surface area contributed by atoms with Gasteiger partial charge in [-0.2, -0.15) is 57.1 Å². The number of halogens is 13. The maximum atomic E-state index is 14.8. The minimum absolute atomic E-state index is 0.0976. The monoisotopic (exact) mass is 602 g/mol. The molecule has 1 N–H and O–H groups in total. The molecule has 0 aromatic carbocycles. The Morgan fingerprint density at radius 3 is 1.28 bits per heavy atom. The molecule has 0 radical (unpaired) electrons. The molecule has 2 nitrogen and oxygen atoms in total. The highest BCUT2D eigenvalue weighted by Crippen LogP contribution is 2.61. The number of hydrogen-bond donors (Lipinski definition) is 1.